The summed E-state index contributed by atoms with van der Waals surface area (Å²) in [6.07, 6.45) is 8.49. The summed E-state index contributed by atoms with van der Waals surface area (Å²) in [6, 6.07) is 19.5. The normalized spacial score (nSPS) is 9.04. The van der Waals surface area contributed by atoms with E-state index in [1.165, 1.54) is 38.5 Å². The number of ether oxygens (including phenoxy) is 1. The SMILES string of the molecule is CC.CCCCCCCC.c1ccc(Oc2ccccc2)cc1. The largest absolute Gasteiger partial charge is 0.457 e. The molecule has 0 unspecified atom stereocenters. The van der Waals surface area contributed by atoms with Crippen LogP contribution in [0, 0.1) is 0 Å². The maximum atomic E-state index is 5.58. The van der Waals surface area contributed by atoms with Gasteiger partial charge in [-0.2, -0.15) is 0 Å². The first-order valence-electron chi connectivity index (χ1n) is 9.14. The van der Waals surface area contributed by atoms with Crippen LogP contribution in [0.3, 0.4) is 0 Å². The Kier molecular flexibility index (Phi) is 15.3. The Morgan fingerprint density at radius 2 is 0.913 bits per heavy atom. The van der Waals surface area contributed by atoms with Crippen molar-refractivity contribution in [2.24, 2.45) is 0 Å². The Morgan fingerprint density at radius 1 is 0.565 bits per heavy atom. The molecule has 0 spiro atoms. The highest BCUT2D eigenvalue weighted by Gasteiger charge is 1.92. The van der Waals surface area contributed by atoms with Gasteiger partial charge in [-0.15, -0.1) is 0 Å². The molecular weight excluding hydrogens is 280 g/mol. The monoisotopic (exact) mass is 314 g/mol. The molecule has 0 aliphatic heterocycles. The quantitative estimate of drug-likeness (QED) is 0.472. The summed E-state index contributed by atoms with van der Waals surface area (Å²) in [5, 5.41) is 0. The topological polar surface area (TPSA) is 9.23 Å². The molecule has 0 aliphatic rings. The van der Waals surface area contributed by atoms with Gasteiger partial charge in [0.15, 0.2) is 0 Å². The Bertz CT molecular complexity index is 393. The molecule has 2 aromatic carbocycles. The van der Waals surface area contributed by atoms with Crippen LogP contribution in [0.1, 0.15) is 66.2 Å². The molecule has 2 rings (SSSR count). The van der Waals surface area contributed by atoms with E-state index < -0.39 is 0 Å². The van der Waals surface area contributed by atoms with Gasteiger partial charge in [0.25, 0.3) is 0 Å². The second-order valence-electron chi connectivity index (χ2n) is 5.14. The number of rotatable bonds is 7. The standard InChI is InChI=1S/C12H10O.C8H18.C2H6/c1-3-7-11(8-4-1)13-12-9-5-2-6-10-12;1-3-5-7-8-6-4-2;1-2/h1-10H;3-8H2,1-2H3;1-2H3. The maximum absolute atomic E-state index is 5.58. The molecule has 1 heteroatoms. The molecule has 0 aliphatic carbocycles. The molecule has 0 saturated heterocycles. The summed E-state index contributed by atoms with van der Waals surface area (Å²) in [5.41, 5.74) is 0. The average Bonchev–Trinajstić information content (AvgIpc) is 2.63. The smallest absolute Gasteiger partial charge is 0.127 e. The fourth-order valence-electron chi connectivity index (χ4n) is 1.97. The van der Waals surface area contributed by atoms with Gasteiger partial charge < -0.3 is 4.74 Å². The number of unbranched alkanes of at least 4 members (excludes halogenated alkanes) is 5. The van der Waals surface area contributed by atoms with Crippen molar-refractivity contribution in [1.82, 2.24) is 0 Å². The number of hydrogen-bond donors (Lipinski definition) is 0. The fourth-order valence-corrected chi connectivity index (χ4v) is 1.97. The highest BCUT2D eigenvalue weighted by molar-refractivity contribution is 5.30. The Balaban J connectivity index is 0.000000421. The predicted octanol–water partition coefficient (Wildman–Crippen LogP) is 7.87. The lowest BCUT2D eigenvalue weighted by molar-refractivity contribution is 0.482. The van der Waals surface area contributed by atoms with Crippen LogP contribution in [0.4, 0.5) is 0 Å². The van der Waals surface area contributed by atoms with Gasteiger partial charge in [0, 0.05) is 0 Å². The molecule has 0 bridgehead atoms. The van der Waals surface area contributed by atoms with Crippen molar-refractivity contribution in [1.29, 1.82) is 0 Å². The second-order valence-corrected chi connectivity index (χ2v) is 5.14. The molecule has 0 N–H and O–H groups in total. The minimum atomic E-state index is 0.869. The van der Waals surface area contributed by atoms with E-state index in [0.29, 0.717) is 0 Å². The van der Waals surface area contributed by atoms with E-state index in [4.69, 9.17) is 4.74 Å². The van der Waals surface area contributed by atoms with Crippen LogP contribution in [0.5, 0.6) is 11.5 Å². The second kappa shape index (κ2) is 16.6. The molecule has 23 heavy (non-hydrogen) atoms. The van der Waals surface area contributed by atoms with E-state index in [-0.39, 0.29) is 0 Å². The van der Waals surface area contributed by atoms with E-state index in [9.17, 15) is 0 Å². The van der Waals surface area contributed by atoms with E-state index >= 15 is 0 Å². The highest BCUT2D eigenvalue weighted by Crippen LogP contribution is 2.19. The number of hydrogen-bond acceptors (Lipinski definition) is 1. The maximum Gasteiger partial charge on any atom is 0.127 e. The van der Waals surface area contributed by atoms with Gasteiger partial charge in [-0.1, -0.05) is 103 Å². The summed E-state index contributed by atoms with van der Waals surface area (Å²) in [7, 11) is 0. The lowest BCUT2D eigenvalue weighted by atomic mass is 10.1. The predicted molar refractivity (Wildman–Crippen MR) is 103 cm³/mol. The van der Waals surface area contributed by atoms with Crippen molar-refractivity contribution in [3.05, 3.63) is 60.7 Å². The molecule has 2 aromatic rings. The van der Waals surface area contributed by atoms with Crippen LogP contribution in [0.15, 0.2) is 60.7 Å². The van der Waals surface area contributed by atoms with Gasteiger partial charge in [-0.05, 0) is 24.3 Å². The molecule has 0 atom stereocenters. The Hall–Kier alpha value is -1.76. The molecule has 0 heterocycles. The molecular formula is C22H34O. The van der Waals surface area contributed by atoms with Crippen molar-refractivity contribution in [2.45, 2.75) is 66.2 Å². The molecule has 0 radical (unpaired) electrons. The van der Waals surface area contributed by atoms with E-state index in [1.54, 1.807) is 0 Å². The summed E-state index contributed by atoms with van der Waals surface area (Å²) < 4.78 is 5.58. The molecule has 0 saturated carbocycles. The average molecular weight is 315 g/mol. The third-order valence-corrected chi connectivity index (χ3v) is 3.18. The molecule has 0 amide bonds. The van der Waals surface area contributed by atoms with Crippen LogP contribution in [-0.4, -0.2) is 0 Å². The molecule has 0 fully saturated rings. The van der Waals surface area contributed by atoms with Crippen LogP contribution in [0.25, 0.3) is 0 Å². The van der Waals surface area contributed by atoms with E-state index in [2.05, 4.69) is 13.8 Å². The minimum absolute atomic E-state index is 0.869. The van der Waals surface area contributed by atoms with Crippen LogP contribution < -0.4 is 4.74 Å². The fraction of sp³-hybridized carbons (Fsp3) is 0.455. The minimum Gasteiger partial charge on any atom is -0.457 e. The van der Waals surface area contributed by atoms with Crippen LogP contribution >= 0.6 is 0 Å². The van der Waals surface area contributed by atoms with Crippen LogP contribution in [0.2, 0.25) is 0 Å². The van der Waals surface area contributed by atoms with E-state index in [1.807, 2.05) is 74.5 Å². The lowest BCUT2D eigenvalue weighted by Crippen LogP contribution is -1.81. The Morgan fingerprint density at radius 3 is 1.22 bits per heavy atom. The molecule has 1 nitrogen and oxygen atoms in total. The summed E-state index contributed by atoms with van der Waals surface area (Å²) in [4.78, 5) is 0. The van der Waals surface area contributed by atoms with Crippen molar-refractivity contribution >= 4 is 0 Å². The first-order chi connectivity index (χ1) is 11.4. The first kappa shape index (κ1) is 21.2. The molecule has 0 aromatic heterocycles. The zero-order valence-electron chi connectivity index (χ0n) is 15.4. The summed E-state index contributed by atoms with van der Waals surface area (Å²) in [6.45, 7) is 8.51. The van der Waals surface area contributed by atoms with Crippen molar-refractivity contribution in [3.8, 4) is 11.5 Å². The third-order valence-electron chi connectivity index (χ3n) is 3.18. The third kappa shape index (κ3) is 12.5. The van der Waals surface area contributed by atoms with Crippen molar-refractivity contribution in [3.63, 3.8) is 0 Å². The lowest BCUT2D eigenvalue weighted by Gasteiger charge is -2.03. The zero-order valence-corrected chi connectivity index (χ0v) is 15.4. The van der Waals surface area contributed by atoms with Gasteiger partial charge in [0.1, 0.15) is 11.5 Å². The van der Waals surface area contributed by atoms with Gasteiger partial charge in [-0.3, -0.25) is 0 Å². The van der Waals surface area contributed by atoms with Crippen molar-refractivity contribution < 1.29 is 4.74 Å². The summed E-state index contributed by atoms with van der Waals surface area (Å²) >= 11 is 0. The number of benzene rings is 2. The summed E-state index contributed by atoms with van der Waals surface area (Å²) in [5.74, 6) is 1.74. The van der Waals surface area contributed by atoms with Gasteiger partial charge in [0.2, 0.25) is 0 Å². The van der Waals surface area contributed by atoms with Gasteiger partial charge >= 0.3 is 0 Å². The molecule has 128 valence electrons. The highest BCUT2D eigenvalue weighted by atomic mass is 16.5. The van der Waals surface area contributed by atoms with Gasteiger partial charge in [0.05, 0.1) is 0 Å². The van der Waals surface area contributed by atoms with Crippen molar-refractivity contribution in [2.75, 3.05) is 0 Å². The van der Waals surface area contributed by atoms with Crippen LogP contribution in [-0.2, 0) is 0 Å². The first-order valence-corrected chi connectivity index (χ1v) is 9.14. The van der Waals surface area contributed by atoms with E-state index in [0.717, 1.165) is 11.5 Å². The Labute approximate surface area is 143 Å². The number of para-hydroxylation sites is 2. The van der Waals surface area contributed by atoms with Gasteiger partial charge in [-0.25, -0.2) is 0 Å². The zero-order chi connectivity index (χ0) is 17.2.